The molecular formula is C29H41BrN2O5Si. The summed E-state index contributed by atoms with van der Waals surface area (Å²) in [4.78, 5) is 28.3. The highest BCUT2D eigenvalue weighted by Crippen LogP contribution is 2.39. The lowest BCUT2D eigenvalue weighted by atomic mass is 9.91. The molecule has 0 aromatic heterocycles. The van der Waals surface area contributed by atoms with E-state index in [0.717, 1.165) is 11.1 Å². The number of carbonyl (C=O) groups is 2. The van der Waals surface area contributed by atoms with Crippen LogP contribution in [0, 0.1) is 0 Å². The van der Waals surface area contributed by atoms with Crippen molar-refractivity contribution in [3.05, 3.63) is 63.6 Å². The Bertz CT molecular complexity index is 1170. The number of aromatic hydroxyl groups is 1. The minimum Gasteiger partial charge on any atom is -0.507 e. The third kappa shape index (κ3) is 7.39. The normalized spacial score (nSPS) is 17.0. The second-order valence-electron chi connectivity index (χ2n) is 12.4. The van der Waals surface area contributed by atoms with Crippen LogP contribution < -0.4 is 5.32 Å². The predicted octanol–water partition coefficient (Wildman–Crippen LogP) is 6.64. The fourth-order valence-corrected chi connectivity index (χ4v) is 5.90. The number of nitrogens with one attached hydrogen (secondary N) is 1. The molecule has 2 aromatic carbocycles. The van der Waals surface area contributed by atoms with E-state index in [1.54, 1.807) is 17.0 Å². The molecule has 38 heavy (non-hydrogen) atoms. The molecule has 208 valence electrons. The topological polar surface area (TPSA) is 88.1 Å². The zero-order valence-electron chi connectivity index (χ0n) is 23.7. The van der Waals surface area contributed by atoms with E-state index in [-0.39, 0.29) is 28.9 Å². The average molecular weight is 606 g/mol. The van der Waals surface area contributed by atoms with Crippen molar-refractivity contribution in [1.82, 2.24) is 10.2 Å². The van der Waals surface area contributed by atoms with E-state index < -0.39 is 32.0 Å². The Morgan fingerprint density at radius 1 is 1.11 bits per heavy atom. The lowest BCUT2D eigenvalue weighted by Crippen LogP contribution is -2.58. The SMILES string of the molecule is CC(C)(C)OC(=O)N1Cc2ccccc2C[C@H]1C(CNC(=O)c1ccc(Br)cc1O)O[Si](C)(C)C(C)(C)C. The monoisotopic (exact) mass is 604 g/mol. The molecule has 0 spiro atoms. The minimum atomic E-state index is -2.31. The van der Waals surface area contributed by atoms with Gasteiger partial charge in [0.1, 0.15) is 11.4 Å². The van der Waals surface area contributed by atoms with Gasteiger partial charge in [-0.2, -0.15) is 0 Å². The highest BCUT2D eigenvalue weighted by Gasteiger charge is 2.44. The molecule has 0 saturated heterocycles. The van der Waals surface area contributed by atoms with Crippen LogP contribution in [0.2, 0.25) is 18.1 Å². The van der Waals surface area contributed by atoms with E-state index in [2.05, 4.69) is 61.2 Å². The Morgan fingerprint density at radius 2 is 1.74 bits per heavy atom. The first-order valence-electron chi connectivity index (χ1n) is 13.0. The molecule has 0 saturated carbocycles. The van der Waals surface area contributed by atoms with Crippen LogP contribution in [0.25, 0.3) is 0 Å². The van der Waals surface area contributed by atoms with Gasteiger partial charge >= 0.3 is 6.09 Å². The van der Waals surface area contributed by atoms with Gasteiger partial charge < -0.3 is 19.6 Å². The van der Waals surface area contributed by atoms with Crippen LogP contribution in [0.4, 0.5) is 4.79 Å². The summed E-state index contributed by atoms with van der Waals surface area (Å²) < 4.78 is 13.4. The van der Waals surface area contributed by atoms with Crippen molar-refractivity contribution in [2.24, 2.45) is 0 Å². The number of fused-ring (bicyclic) bond motifs is 1. The third-order valence-electron chi connectivity index (χ3n) is 7.27. The van der Waals surface area contributed by atoms with E-state index in [1.807, 2.05) is 39.0 Å². The maximum atomic E-state index is 13.5. The Hall–Kier alpha value is -2.36. The van der Waals surface area contributed by atoms with Crippen molar-refractivity contribution >= 4 is 36.2 Å². The zero-order chi connectivity index (χ0) is 28.5. The molecular weight excluding hydrogens is 564 g/mol. The standard InChI is InChI=1S/C29H41BrN2O5Si/c1-28(2,3)36-27(35)32-18-20-12-10-9-11-19(20)15-23(32)25(37-38(7,8)29(4,5)6)17-31-26(34)22-14-13-21(30)16-24(22)33/h9-14,16,23,25,33H,15,17-18H2,1-8H3,(H,31,34)/t23-,25?/m0/s1. The molecule has 7 nitrogen and oxygen atoms in total. The van der Waals surface area contributed by atoms with Gasteiger partial charge in [-0.25, -0.2) is 4.79 Å². The number of rotatable bonds is 6. The van der Waals surface area contributed by atoms with Crippen molar-refractivity contribution < 1.29 is 23.9 Å². The Morgan fingerprint density at radius 3 is 2.32 bits per heavy atom. The predicted molar refractivity (Wildman–Crippen MR) is 156 cm³/mol. The molecule has 0 fully saturated rings. The number of benzene rings is 2. The lowest BCUT2D eigenvalue weighted by molar-refractivity contribution is -0.00881. The highest BCUT2D eigenvalue weighted by atomic mass is 79.9. The third-order valence-corrected chi connectivity index (χ3v) is 12.3. The Labute approximate surface area is 236 Å². The number of amides is 2. The fraction of sp³-hybridized carbons (Fsp3) is 0.517. The van der Waals surface area contributed by atoms with Crippen LogP contribution in [0.15, 0.2) is 46.9 Å². The number of hydrogen-bond donors (Lipinski definition) is 2. The molecule has 2 amide bonds. The Balaban J connectivity index is 1.97. The summed E-state index contributed by atoms with van der Waals surface area (Å²) >= 11 is 3.31. The molecule has 1 heterocycles. The van der Waals surface area contributed by atoms with E-state index >= 15 is 0 Å². The maximum absolute atomic E-state index is 13.5. The quantitative estimate of drug-likeness (QED) is 0.361. The van der Waals surface area contributed by atoms with Gasteiger partial charge in [0.25, 0.3) is 5.91 Å². The average Bonchev–Trinajstić information content (AvgIpc) is 2.78. The maximum Gasteiger partial charge on any atom is 0.410 e. The van der Waals surface area contributed by atoms with Gasteiger partial charge in [-0.3, -0.25) is 9.69 Å². The molecule has 0 bridgehead atoms. The largest absolute Gasteiger partial charge is 0.507 e. The van der Waals surface area contributed by atoms with Gasteiger partial charge in [-0.15, -0.1) is 0 Å². The summed E-state index contributed by atoms with van der Waals surface area (Å²) in [6.45, 7) is 16.9. The number of phenols is 1. The van der Waals surface area contributed by atoms with Crippen LogP contribution in [0.3, 0.4) is 0 Å². The van der Waals surface area contributed by atoms with Gasteiger partial charge in [0.2, 0.25) is 0 Å². The molecule has 1 unspecified atom stereocenters. The van der Waals surface area contributed by atoms with Crippen LogP contribution in [0.1, 0.15) is 63.0 Å². The molecule has 9 heteroatoms. The summed E-state index contributed by atoms with van der Waals surface area (Å²) in [7, 11) is -2.31. The van der Waals surface area contributed by atoms with Crippen LogP contribution in [-0.4, -0.2) is 54.6 Å². The molecule has 0 radical (unpaired) electrons. The number of nitrogens with zero attached hydrogens (tertiary/aromatic N) is 1. The van der Waals surface area contributed by atoms with Gasteiger partial charge in [0, 0.05) is 17.6 Å². The van der Waals surface area contributed by atoms with Gasteiger partial charge in [0.05, 0.1) is 17.7 Å². The molecule has 2 atom stereocenters. The van der Waals surface area contributed by atoms with Crippen LogP contribution in [0.5, 0.6) is 5.75 Å². The number of ether oxygens (including phenoxy) is 1. The summed E-state index contributed by atoms with van der Waals surface area (Å²) in [5, 5.41) is 13.2. The first-order valence-corrected chi connectivity index (χ1v) is 16.7. The van der Waals surface area contributed by atoms with Gasteiger partial charge in [-0.1, -0.05) is 61.0 Å². The summed E-state index contributed by atoms with van der Waals surface area (Å²) in [6, 6.07) is 12.5. The number of phenolic OH excluding ortho intramolecular Hbond substituents is 1. The summed E-state index contributed by atoms with van der Waals surface area (Å²) in [6.07, 6.45) is -0.315. The summed E-state index contributed by atoms with van der Waals surface area (Å²) in [5.74, 6) is -0.514. The van der Waals surface area contributed by atoms with Crippen LogP contribution >= 0.6 is 15.9 Å². The number of hydrogen-bond acceptors (Lipinski definition) is 5. The molecule has 2 N–H and O–H groups in total. The lowest BCUT2D eigenvalue weighted by Gasteiger charge is -2.46. The molecule has 0 aliphatic carbocycles. The van der Waals surface area contributed by atoms with Crippen LogP contribution in [-0.2, 0) is 22.1 Å². The molecule has 2 aromatic rings. The Kier molecular flexibility index (Phi) is 9.05. The minimum absolute atomic E-state index is 0.0808. The fourth-order valence-electron chi connectivity index (χ4n) is 4.20. The summed E-state index contributed by atoms with van der Waals surface area (Å²) in [5.41, 5.74) is 1.75. The molecule has 1 aliphatic heterocycles. The van der Waals surface area contributed by atoms with E-state index in [1.165, 1.54) is 6.07 Å². The van der Waals surface area contributed by atoms with E-state index in [9.17, 15) is 14.7 Å². The van der Waals surface area contributed by atoms with Crippen molar-refractivity contribution in [2.45, 2.75) is 90.4 Å². The first kappa shape index (κ1) is 30.2. The van der Waals surface area contributed by atoms with E-state index in [0.29, 0.717) is 17.4 Å². The highest BCUT2D eigenvalue weighted by molar-refractivity contribution is 9.10. The van der Waals surface area contributed by atoms with Crippen molar-refractivity contribution in [3.63, 3.8) is 0 Å². The van der Waals surface area contributed by atoms with Gasteiger partial charge in [-0.05, 0) is 74.7 Å². The van der Waals surface area contributed by atoms with Crippen molar-refractivity contribution in [1.29, 1.82) is 0 Å². The number of carbonyl (C=O) groups excluding carboxylic acids is 2. The molecule has 1 aliphatic rings. The van der Waals surface area contributed by atoms with Crippen molar-refractivity contribution in [3.8, 4) is 5.75 Å². The molecule has 3 rings (SSSR count). The second kappa shape index (κ2) is 11.4. The smallest absolute Gasteiger partial charge is 0.410 e. The zero-order valence-corrected chi connectivity index (χ0v) is 26.3. The second-order valence-corrected chi connectivity index (χ2v) is 18.1. The van der Waals surface area contributed by atoms with Gasteiger partial charge in [0.15, 0.2) is 8.32 Å². The first-order chi connectivity index (χ1) is 17.5. The van der Waals surface area contributed by atoms with Crippen molar-refractivity contribution in [2.75, 3.05) is 6.54 Å². The van der Waals surface area contributed by atoms with E-state index in [4.69, 9.17) is 9.16 Å². The number of halogens is 1.